The highest BCUT2D eigenvalue weighted by atomic mass is 16.7. The third kappa shape index (κ3) is 3.42. The van der Waals surface area contributed by atoms with Crippen LogP contribution in [0.25, 0.3) is 11.2 Å². The topological polar surface area (TPSA) is 100 Å². The van der Waals surface area contributed by atoms with E-state index in [1.165, 1.54) is 6.33 Å². The maximum atomic E-state index is 12.7. The molecule has 2 aromatic heterocycles. The van der Waals surface area contributed by atoms with Crippen LogP contribution in [-0.2, 0) is 20.8 Å². The molecule has 1 saturated carbocycles. The van der Waals surface area contributed by atoms with Crippen LogP contribution in [-0.4, -0.2) is 48.8 Å². The maximum absolute atomic E-state index is 12.7. The van der Waals surface area contributed by atoms with Crippen LogP contribution in [0.15, 0.2) is 73.3 Å². The molecule has 1 aliphatic carbocycles. The fourth-order valence-electron chi connectivity index (χ4n) is 5.98. The highest BCUT2D eigenvalue weighted by molar-refractivity contribution is 6.06. The Morgan fingerprint density at radius 3 is 2.54 bits per heavy atom. The number of rotatable bonds is 7. The molecule has 9 heteroatoms. The van der Waals surface area contributed by atoms with Crippen LogP contribution in [0, 0.1) is 0 Å². The van der Waals surface area contributed by atoms with Crippen molar-refractivity contribution in [3.8, 4) is 0 Å². The van der Waals surface area contributed by atoms with E-state index >= 15 is 0 Å². The highest BCUT2D eigenvalue weighted by Gasteiger charge is 2.78. The molecule has 1 spiro atoms. The van der Waals surface area contributed by atoms with Gasteiger partial charge in [0, 0.05) is 5.56 Å². The van der Waals surface area contributed by atoms with E-state index in [2.05, 4.69) is 39.3 Å². The van der Waals surface area contributed by atoms with E-state index in [1.807, 2.05) is 41.0 Å². The van der Waals surface area contributed by atoms with Crippen LogP contribution in [0.3, 0.4) is 0 Å². The molecule has 4 heterocycles. The van der Waals surface area contributed by atoms with Crippen molar-refractivity contribution in [2.24, 2.45) is 0 Å². The molecule has 4 aromatic rings. The number of hydrogen-bond donors (Lipinski definition) is 1. The van der Waals surface area contributed by atoms with E-state index in [-0.39, 0.29) is 23.7 Å². The zero-order valence-electron chi connectivity index (χ0n) is 20.4. The number of fused-ring (bicyclic) bond motifs is 4. The van der Waals surface area contributed by atoms with Gasteiger partial charge in [0.25, 0.3) is 5.91 Å². The van der Waals surface area contributed by atoms with Gasteiger partial charge in [-0.1, -0.05) is 55.5 Å². The average molecular weight is 498 g/mol. The molecule has 2 aliphatic heterocycles. The van der Waals surface area contributed by atoms with E-state index in [0.29, 0.717) is 29.2 Å². The summed E-state index contributed by atoms with van der Waals surface area (Å²) in [5.41, 5.74) is 1.89. The number of carbonyl (C=O) groups is 1. The van der Waals surface area contributed by atoms with Crippen LogP contribution < -0.4 is 5.32 Å². The summed E-state index contributed by atoms with van der Waals surface area (Å²) in [7, 11) is 0. The summed E-state index contributed by atoms with van der Waals surface area (Å²) in [6.07, 6.45) is 4.85. The van der Waals surface area contributed by atoms with Crippen molar-refractivity contribution in [1.29, 1.82) is 0 Å². The molecule has 2 bridgehead atoms. The fraction of sp³-hybridized carbons (Fsp3) is 0.357. The second-order valence-corrected chi connectivity index (χ2v) is 9.91. The van der Waals surface area contributed by atoms with Crippen LogP contribution in [0.4, 0.5) is 5.82 Å². The molecule has 7 rings (SSSR count). The van der Waals surface area contributed by atoms with Gasteiger partial charge >= 0.3 is 0 Å². The van der Waals surface area contributed by atoms with Gasteiger partial charge in [-0.15, -0.1) is 0 Å². The molecule has 1 N–H and O–H groups in total. The Morgan fingerprint density at radius 1 is 1.05 bits per heavy atom. The zero-order chi connectivity index (χ0) is 25.0. The molecule has 2 aromatic carbocycles. The van der Waals surface area contributed by atoms with Gasteiger partial charge < -0.3 is 19.5 Å². The number of anilines is 1. The number of hydrogen-bond acceptors (Lipinski definition) is 7. The third-order valence-corrected chi connectivity index (χ3v) is 7.91. The third-order valence-electron chi connectivity index (χ3n) is 7.91. The van der Waals surface area contributed by atoms with Crippen LogP contribution in [0.1, 0.15) is 48.3 Å². The lowest BCUT2D eigenvalue weighted by Crippen LogP contribution is -2.49. The van der Waals surface area contributed by atoms with Crippen molar-refractivity contribution >= 4 is 22.9 Å². The van der Waals surface area contributed by atoms with E-state index < -0.39 is 11.8 Å². The number of aromatic nitrogens is 4. The SMILES string of the molecule is CC[C@]12O[C@@H](n3cnc4c(NC(=O)c5ccccc5)ncnc43)C(OC13CC3)[C@H]2OCc1ccccc1. The first-order chi connectivity index (χ1) is 18.1. The van der Waals surface area contributed by atoms with Crippen LogP contribution in [0.2, 0.25) is 0 Å². The number of imidazole rings is 1. The standard InChI is InChI=1S/C28H27N5O4/c1-2-28-22(35-15-18-9-5-3-6-10-18)21(36-27(28)13-14-27)26(37-28)33-17-31-20-23(29-16-30-24(20)33)32-25(34)19-11-7-4-8-12-19/h3-12,16-17,21-22,26H,2,13-15H2,1H3,(H,29,30,32,34)/t21?,22-,26-,28-/m1/s1. The fourth-order valence-corrected chi connectivity index (χ4v) is 5.98. The second kappa shape index (κ2) is 8.44. The first-order valence-electron chi connectivity index (χ1n) is 12.7. The lowest BCUT2D eigenvalue weighted by atomic mass is 9.87. The predicted molar refractivity (Wildman–Crippen MR) is 135 cm³/mol. The van der Waals surface area contributed by atoms with Crippen LogP contribution in [0.5, 0.6) is 0 Å². The van der Waals surface area contributed by atoms with Crippen LogP contribution >= 0.6 is 0 Å². The van der Waals surface area contributed by atoms with E-state index in [9.17, 15) is 4.79 Å². The summed E-state index contributed by atoms with van der Waals surface area (Å²) < 4.78 is 21.9. The molecule has 2 saturated heterocycles. The van der Waals surface area contributed by atoms with Crippen molar-refractivity contribution in [2.75, 3.05) is 5.32 Å². The van der Waals surface area contributed by atoms with Gasteiger partial charge in [-0.05, 0) is 37.0 Å². The molecule has 0 radical (unpaired) electrons. The number of amides is 1. The minimum Gasteiger partial charge on any atom is -0.368 e. The maximum Gasteiger partial charge on any atom is 0.256 e. The van der Waals surface area contributed by atoms with Gasteiger partial charge in [0.1, 0.15) is 29.7 Å². The summed E-state index contributed by atoms with van der Waals surface area (Å²) >= 11 is 0. The molecular formula is C28H27N5O4. The van der Waals surface area contributed by atoms with E-state index in [4.69, 9.17) is 14.2 Å². The molecule has 3 aliphatic rings. The van der Waals surface area contributed by atoms with Gasteiger partial charge in [0.2, 0.25) is 0 Å². The van der Waals surface area contributed by atoms with Crippen molar-refractivity contribution in [2.45, 2.75) is 62.4 Å². The lowest BCUT2D eigenvalue weighted by Gasteiger charge is -2.38. The summed E-state index contributed by atoms with van der Waals surface area (Å²) in [5.74, 6) is 0.0899. The predicted octanol–water partition coefficient (Wildman–Crippen LogP) is 4.27. The largest absolute Gasteiger partial charge is 0.368 e. The van der Waals surface area contributed by atoms with E-state index in [1.54, 1.807) is 18.5 Å². The molecule has 3 fully saturated rings. The zero-order valence-corrected chi connectivity index (χ0v) is 20.4. The first-order valence-corrected chi connectivity index (χ1v) is 12.7. The van der Waals surface area contributed by atoms with E-state index in [0.717, 1.165) is 24.8 Å². The summed E-state index contributed by atoms with van der Waals surface area (Å²) in [6, 6.07) is 19.2. The normalized spacial score (nSPS) is 27.1. The van der Waals surface area contributed by atoms with Crippen molar-refractivity contribution in [3.63, 3.8) is 0 Å². The number of nitrogens with one attached hydrogen (secondary N) is 1. The van der Waals surface area contributed by atoms with Crippen molar-refractivity contribution in [1.82, 2.24) is 19.5 Å². The Balaban J connectivity index is 1.20. The number of carbonyl (C=O) groups excluding carboxylic acids is 1. The summed E-state index contributed by atoms with van der Waals surface area (Å²) in [5, 5.41) is 2.87. The molecule has 4 atom stereocenters. The number of nitrogens with zero attached hydrogens (tertiary/aromatic N) is 4. The number of ether oxygens (including phenoxy) is 3. The minimum atomic E-state index is -0.537. The summed E-state index contributed by atoms with van der Waals surface area (Å²) in [4.78, 5) is 26.1. The van der Waals surface area contributed by atoms with Gasteiger partial charge in [0.05, 0.1) is 12.9 Å². The molecule has 37 heavy (non-hydrogen) atoms. The van der Waals surface area contributed by atoms with Crippen molar-refractivity contribution in [3.05, 3.63) is 84.4 Å². The summed E-state index contributed by atoms with van der Waals surface area (Å²) in [6.45, 7) is 2.63. The highest BCUT2D eigenvalue weighted by Crippen LogP contribution is 2.66. The Morgan fingerprint density at radius 2 is 1.81 bits per heavy atom. The molecule has 1 unspecified atom stereocenters. The first kappa shape index (κ1) is 22.5. The van der Waals surface area contributed by atoms with Gasteiger partial charge in [-0.2, -0.15) is 0 Å². The minimum absolute atomic E-state index is 0.221. The number of benzene rings is 2. The monoisotopic (exact) mass is 497 g/mol. The second-order valence-electron chi connectivity index (χ2n) is 9.91. The Kier molecular flexibility index (Phi) is 5.14. The Bertz CT molecular complexity index is 1460. The Hall–Kier alpha value is -3.66. The lowest BCUT2D eigenvalue weighted by molar-refractivity contribution is -0.224. The molecule has 188 valence electrons. The average Bonchev–Trinajstić information content (AvgIpc) is 3.36. The molecule has 9 nitrogen and oxygen atoms in total. The Labute approximate surface area is 213 Å². The molecular weight excluding hydrogens is 470 g/mol. The van der Waals surface area contributed by atoms with Gasteiger partial charge in [-0.25, -0.2) is 15.0 Å². The quantitative estimate of drug-likeness (QED) is 0.407. The van der Waals surface area contributed by atoms with Gasteiger partial charge in [-0.3, -0.25) is 9.36 Å². The molecule has 1 amide bonds. The van der Waals surface area contributed by atoms with Gasteiger partial charge in [0.15, 0.2) is 23.2 Å². The van der Waals surface area contributed by atoms with Crippen molar-refractivity contribution < 1.29 is 19.0 Å². The smallest absolute Gasteiger partial charge is 0.256 e.